The highest BCUT2D eigenvalue weighted by Gasteiger charge is 2.24. The maximum Gasteiger partial charge on any atom is 0.245 e. The van der Waals surface area contributed by atoms with Gasteiger partial charge in [-0.25, -0.2) is 13.1 Å². The molecular formula is C13H17BrN2O4S. The van der Waals surface area contributed by atoms with Crippen molar-refractivity contribution < 1.29 is 17.3 Å². The molecule has 1 unspecified atom stereocenters. The summed E-state index contributed by atoms with van der Waals surface area (Å²) in [6, 6.07) is 4.86. The summed E-state index contributed by atoms with van der Waals surface area (Å²) in [5.41, 5.74) is 5.44. The molecule has 0 fully saturated rings. The van der Waals surface area contributed by atoms with Gasteiger partial charge < -0.3 is 14.6 Å². The third kappa shape index (κ3) is 4.19. The summed E-state index contributed by atoms with van der Waals surface area (Å²) in [6.45, 7) is 1.94. The van der Waals surface area contributed by atoms with Gasteiger partial charge in [0.1, 0.15) is 16.4 Å². The zero-order valence-electron chi connectivity index (χ0n) is 11.5. The first-order chi connectivity index (χ1) is 9.92. The van der Waals surface area contributed by atoms with Gasteiger partial charge in [-0.2, -0.15) is 0 Å². The maximum absolute atomic E-state index is 12.3. The third-order valence-electron chi connectivity index (χ3n) is 2.96. The molecule has 0 saturated carbocycles. The largest absolute Gasteiger partial charge is 0.469 e. The van der Waals surface area contributed by atoms with Crippen LogP contribution in [0.5, 0.6) is 0 Å². The summed E-state index contributed by atoms with van der Waals surface area (Å²) in [6.07, 6.45) is 2.89. The lowest BCUT2D eigenvalue weighted by Gasteiger charge is -2.12. The van der Waals surface area contributed by atoms with E-state index in [2.05, 4.69) is 20.7 Å². The van der Waals surface area contributed by atoms with Crippen molar-refractivity contribution in [2.24, 2.45) is 5.73 Å². The van der Waals surface area contributed by atoms with Crippen LogP contribution in [0.2, 0.25) is 0 Å². The fraction of sp³-hybridized carbons (Fsp3) is 0.385. The number of furan rings is 2. The van der Waals surface area contributed by atoms with Crippen LogP contribution in [0, 0.1) is 0 Å². The number of rotatable bonds is 7. The van der Waals surface area contributed by atoms with Crippen LogP contribution in [0.15, 0.2) is 42.9 Å². The standard InChI is InChI=1S/C13H17BrN2O4S/c1-9(4-5-10-3-2-6-19-10)16-21(17,18)12-7-11(8-15)20-13(12)14/h2-3,6-7,9,16H,4-5,8,15H2,1H3. The fourth-order valence-electron chi connectivity index (χ4n) is 1.88. The first-order valence-corrected chi connectivity index (χ1v) is 8.73. The van der Waals surface area contributed by atoms with Gasteiger partial charge in [0.05, 0.1) is 12.8 Å². The number of nitrogens with one attached hydrogen (secondary N) is 1. The molecule has 1 atom stereocenters. The van der Waals surface area contributed by atoms with Crippen LogP contribution in [-0.2, 0) is 23.0 Å². The molecule has 0 aliphatic carbocycles. The molecule has 0 radical (unpaired) electrons. The van der Waals surface area contributed by atoms with Crippen LogP contribution in [0.25, 0.3) is 0 Å². The van der Waals surface area contributed by atoms with Crippen molar-refractivity contribution in [2.75, 3.05) is 0 Å². The zero-order chi connectivity index (χ0) is 15.5. The summed E-state index contributed by atoms with van der Waals surface area (Å²) in [5, 5.41) is 0. The second kappa shape index (κ2) is 6.78. The lowest BCUT2D eigenvalue weighted by molar-refractivity contribution is 0.476. The highest BCUT2D eigenvalue weighted by molar-refractivity contribution is 9.10. The number of aryl methyl sites for hydroxylation is 1. The fourth-order valence-corrected chi connectivity index (χ4v) is 4.16. The number of hydrogen-bond acceptors (Lipinski definition) is 5. The van der Waals surface area contributed by atoms with Gasteiger partial charge in [0.2, 0.25) is 10.0 Å². The monoisotopic (exact) mass is 376 g/mol. The Kier molecular flexibility index (Phi) is 5.26. The molecule has 2 aromatic rings. The van der Waals surface area contributed by atoms with Gasteiger partial charge in [-0.1, -0.05) is 0 Å². The van der Waals surface area contributed by atoms with Gasteiger partial charge >= 0.3 is 0 Å². The average molecular weight is 377 g/mol. The van der Waals surface area contributed by atoms with Crippen molar-refractivity contribution in [3.05, 3.63) is 40.7 Å². The predicted molar refractivity (Wildman–Crippen MR) is 81.1 cm³/mol. The number of hydrogen-bond donors (Lipinski definition) is 2. The highest BCUT2D eigenvalue weighted by Crippen LogP contribution is 2.26. The molecule has 8 heteroatoms. The van der Waals surface area contributed by atoms with Gasteiger partial charge in [-0.05, 0) is 41.4 Å². The molecule has 21 heavy (non-hydrogen) atoms. The number of halogens is 1. The smallest absolute Gasteiger partial charge is 0.245 e. The average Bonchev–Trinajstić information content (AvgIpc) is 3.04. The van der Waals surface area contributed by atoms with E-state index < -0.39 is 10.0 Å². The van der Waals surface area contributed by atoms with Crippen molar-refractivity contribution in [1.82, 2.24) is 4.72 Å². The Hall–Kier alpha value is -1.09. The minimum Gasteiger partial charge on any atom is -0.469 e. The van der Waals surface area contributed by atoms with Gasteiger partial charge in [-0.15, -0.1) is 0 Å². The molecule has 0 amide bonds. The van der Waals surface area contributed by atoms with Crippen LogP contribution >= 0.6 is 15.9 Å². The van der Waals surface area contributed by atoms with Gasteiger partial charge in [-0.3, -0.25) is 0 Å². The Morgan fingerprint density at radius 3 is 2.76 bits per heavy atom. The van der Waals surface area contributed by atoms with E-state index in [4.69, 9.17) is 14.6 Å². The molecule has 0 spiro atoms. The molecule has 0 aliphatic heterocycles. The first kappa shape index (κ1) is 16.3. The van der Waals surface area contributed by atoms with Crippen molar-refractivity contribution in [2.45, 2.75) is 37.2 Å². The van der Waals surface area contributed by atoms with Crippen LogP contribution in [-0.4, -0.2) is 14.5 Å². The molecule has 2 aromatic heterocycles. The van der Waals surface area contributed by atoms with E-state index in [0.717, 1.165) is 5.76 Å². The quantitative estimate of drug-likeness (QED) is 0.772. The SMILES string of the molecule is CC(CCc1ccco1)NS(=O)(=O)c1cc(CN)oc1Br. The Morgan fingerprint density at radius 1 is 1.43 bits per heavy atom. The molecule has 116 valence electrons. The molecule has 0 bridgehead atoms. The van der Waals surface area contributed by atoms with Crippen molar-refractivity contribution >= 4 is 26.0 Å². The summed E-state index contributed by atoms with van der Waals surface area (Å²) < 4.78 is 37.8. The molecule has 0 aliphatic rings. The Bertz CT molecular complexity index is 679. The van der Waals surface area contributed by atoms with Crippen LogP contribution in [0.3, 0.4) is 0 Å². The minimum absolute atomic E-state index is 0.0628. The van der Waals surface area contributed by atoms with Crippen molar-refractivity contribution in [3.8, 4) is 0 Å². The summed E-state index contributed by atoms with van der Waals surface area (Å²) in [4.78, 5) is 0.0628. The Morgan fingerprint density at radius 2 is 2.19 bits per heavy atom. The lowest BCUT2D eigenvalue weighted by Crippen LogP contribution is -2.32. The van der Waals surface area contributed by atoms with Gasteiger partial charge in [0.15, 0.2) is 4.67 Å². The zero-order valence-corrected chi connectivity index (χ0v) is 13.9. The van der Waals surface area contributed by atoms with E-state index in [0.29, 0.717) is 18.6 Å². The summed E-state index contributed by atoms with van der Waals surface area (Å²) in [5.74, 6) is 1.24. The third-order valence-corrected chi connectivity index (χ3v) is 5.40. The van der Waals surface area contributed by atoms with Crippen LogP contribution in [0.1, 0.15) is 24.9 Å². The first-order valence-electron chi connectivity index (χ1n) is 6.45. The Balaban J connectivity index is 2.00. The summed E-state index contributed by atoms with van der Waals surface area (Å²) >= 11 is 3.10. The van der Waals surface area contributed by atoms with Crippen LogP contribution < -0.4 is 10.5 Å². The second-order valence-electron chi connectivity index (χ2n) is 4.70. The molecule has 6 nitrogen and oxygen atoms in total. The maximum atomic E-state index is 12.3. The van der Waals surface area contributed by atoms with E-state index in [1.54, 1.807) is 19.3 Å². The second-order valence-corrected chi connectivity index (χ2v) is 7.10. The summed E-state index contributed by atoms with van der Waals surface area (Å²) in [7, 11) is -3.65. The van der Waals surface area contributed by atoms with E-state index in [1.807, 2.05) is 6.07 Å². The highest BCUT2D eigenvalue weighted by atomic mass is 79.9. The normalized spacial score (nSPS) is 13.5. The molecule has 2 rings (SSSR count). The lowest BCUT2D eigenvalue weighted by atomic mass is 10.2. The van der Waals surface area contributed by atoms with Crippen molar-refractivity contribution in [3.63, 3.8) is 0 Å². The van der Waals surface area contributed by atoms with Gasteiger partial charge in [0, 0.05) is 18.5 Å². The number of nitrogens with two attached hydrogens (primary N) is 1. The van der Waals surface area contributed by atoms with Crippen molar-refractivity contribution in [1.29, 1.82) is 0 Å². The number of sulfonamides is 1. The predicted octanol–water partition coefficient (Wildman–Crippen LogP) is 2.39. The minimum atomic E-state index is -3.65. The van der Waals surface area contributed by atoms with E-state index in [1.165, 1.54) is 6.07 Å². The molecule has 0 saturated heterocycles. The molecule has 0 aromatic carbocycles. The van der Waals surface area contributed by atoms with E-state index in [9.17, 15) is 8.42 Å². The Labute approximate surface area is 131 Å². The molecule has 3 N–H and O–H groups in total. The van der Waals surface area contributed by atoms with Gasteiger partial charge in [0.25, 0.3) is 0 Å². The van der Waals surface area contributed by atoms with Crippen LogP contribution in [0.4, 0.5) is 0 Å². The van der Waals surface area contributed by atoms with E-state index in [-0.39, 0.29) is 22.2 Å². The molecular weight excluding hydrogens is 360 g/mol. The molecule has 2 heterocycles. The van der Waals surface area contributed by atoms with E-state index >= 15 is 0 Å². The topological polar surface area (TPSA) is 98.5 Å².